The van der Waals surface area contributed by atoms with E-state index in [-0.39, 0.29) is 6.09 Å². The molecule has 0 aromatic heterocycles. The number of ether oxygens (including phenoxy) is 2. The molecule has 2 rings (SSSR count). The summed E-state index contributed by atoms with van der Waals surface area (Å²) in [6, 6.07) is 0. The van der Waals surface area contributed by atoms with Crippen LogP contribution in [0.5, 0.6) is 0 Å². The summed E-state index contributed by atoms with van der Waals surface area (Å²) in [5, 5.41) is 3.19. The zero-order valence-electron chi connectivity index (χ0n) is 17.2. The molecule has 0 aliphatic carbocycles. The zero-order valence-corrected chi connectivity index (χ0v) is 17.2. The van der Waals surface area contributed by atoms with Crippen LogP contribution in [-0.2, 0) is 9.47 Å². The minimum Gasteiger partial charge on any atom is -0.444 e. The molecule has 1 atom stereocenters. The van der Waals surface area contributed by atoms with Gasteiger partial charge in [0.05, 0.1) is 13.2 Å². The average molecular weight is 384 g/mol. The third-order valence-electron chi connectivity index (χ3n) is 4.75. The van der Waals surface area contributed by atoms with Crippen LogP contribution in [0.15, 0.2) is 4.99 Å². The van der Waals surface area contributed by atoms with E-state index < -0.39 is 5.60 Å². The molecule has 0 radical (unpaired) electrons. The van der Waals surface area contributed by atoms with Gasteiger partial charge in [0.25, 0.3) is 0 Å². The van der Waals surface area contributed by atoms with Crippen LogP contribution in [0, 0.1) is 5.92 Å². The first-order valence-electron chi connectivity index (χ1n) is 10.2. The number of hydrogen-bond acceptors (Lipinski definition) is 5. The van der Waals surface area contributed by atoms with E-state index in [2.05, 4.69) is 15.2 Å². The quantitative estimate of drug-likeness (QED) is 0.408. The second-order valence-electron chi connectivity index (χ2n) is 8.39. The average Bonchev–Trinajstić information content (AvgIpc) is 2.63. The van der Waals surface area contributed by atoms with E-state index in [9.17, 15) is 4.79 Å². The van der Waals surface area contributed by atoms with Crippen molar-refractivity contribution in [3.8, 4) is 0 Å². The van der Waals surface area contributed by atoms with Gasteiger partial charge in [-0.25, -0.2) is 4.79 Å². The van der Waals surface area contributed by atoms with Gasteiger partial charge in [-0.05, 0) is 52.5 Å². The minimum atomic E-state index is -0.461. The van der Waals surface area contributed by atoms with Crippen LogP contribution in [0.3, 0.4) is 0 Å². The fourth-order valence-electron chi connectivity index (χ4n) is 3.33. The van der Waals surface area contributed by atoms with Gasteiger partial charge < -0.3 is 25.4 Å². The van der Waals surface area contributed by atoms with Crippen LogP contribution in [0.2, 0.25) is 0 Å². The van der Waals surface area contributed by atoms with E-state index in [1.54, 1.807) is 4.90 Å². The molecule has 3 N–H and O–H groups in total. The number of carbonyl (C=O) groups is 1. The molecule has 0 saturated carbocycles. The van der Waals surface area contributed by atoms with Crippen molar-refractivity contribution in [1.29, 1.82) is 0 Å². The van der Waals surface area contributed by atoms with E-state index in [1.165, 1.54) is 0 Å². The van der Waals surface area contributed by atoms with Crippen molar-refractivity contribution in [2.24, 2.45) is 16.6 Å². The molecule has 0 bridgehead atoms. The molecule has 8 heteroatoms. The molecule has 2 fully saturated rings. The van der Waals surface area contributed by atoms with Crippen LogP contribution in [0.1, 0.15) is 40.0 Å². The fourth-order valence-corrected chi connectivity index (χ4v) is 3.33. The predicted octanol–water partition coefficient (Wildman–Crippen LogP) is 1.26. The van der Waals surface area contributed by atoms with Gasteiger partial charge in [0, 0.05) is 39.3 Å². The molecule has 2 heterocycles. The number of nitrogens with one attached hydrogen (secondary N) is 1. The molecular formula is C19H37N5O3. The Morgan fingerprint density at radius 3 is 2.74 bits per heavy atom. The normalized spacial score (nSPS) is 22.6. The molecule has 0 aromatic rings. The Labute approximate surface area is 163 Å². The summed E-state index contributed by atoms with van der Waals surface area (Å²) >= 11 is 0. The Morgan fingerprint density at radius 1 is 1.30 bits per heavy atom. The van der Waals surface area contributed by atoms with Gasteiger partial charge in [-0.15, -0.1) is 0 Å². The lowest BCUT2D eigenvalue weighted by atomic mass is 9.98. The van der Waals surface area contributed by atoms with E-state index >= 15 is 0 Å². The van der Waals surface area contributed by atoms with E-state index in [0.29, 0.717) is 25.0 Å². The highest BCUT2D eigenvalue weighted by Crippen LogP contribution is 2.19. The van der Waals surface area contributed by atoms with Gasteiger partial charge in [0.15, 0.2) is 5.96 Å². The van der Waals surface area contributed by atoms with Gasteiger partial charge in [-0.1, -0.05) is 0 Å². The lowest BCUT2D eigenvalue weighted by Crippen LogP contribution is -2.43. The maximum atomic E-state index is 12.2. The molecule has 2 aliphatic heterocycles. The number of hydrogen-bond donors (Lipinski definition) is 2. The molecule has 2 saturated heterocycles. The first kappa shape index (κ1) is 21.8. The maximum Gasteiger partial charge on any atom is 0.410 e. The van der Waals surface area contributed by atoms with Crippen molar-refractivity contribution in [2.75, 3.05) is 59.0 Å². The standard InChI is InChI=1S/C19H37N5O3/c1-19(2,3)27-18(25)24-9-4-6-16(15-24)14-22-17(20)21-7-5-8-23-10-12-26-13-11-23/h16H,4-15H2,1-3H3,(H3,20,21,22). The van der Waals surface area contributed by atoms with Gasteiger partial charge >= 0.3 is 6.09 Å². The molecule has 1 amide bonds. The molecule has 2 aliphatic rings. The second kappa shape index (κ2) is 10.7. The van der Waals surface area contributed by atoms with Crippen molar-refractivity contribution in [1.82, 2.24) is 15.1 Å². The number of amides is 1. The van der Waals surface area contributed by atoms with Gasteiger partial charge in [-0.2, -0.15) is 0 Å². The van der Waals surface area contributed by atoms with Gasteiger partial charge in [0.2, 0.25) is 0 Å². The lowest BCUT2D eigenvalue weighted by molar-refractivity contribution is 0.0170. The largest absolute Gasteiger partial charge is 0.444 e. The molecule has 0 aromatic carbocycles. The van der Waals surface area contributed by atoms with Crippen molar-refractivity contribution in [3.63, 3.8) is 0 Å². The highest BCUT2D eigenvalue weighted by Gasteiger charge is 2.27. The van der Waals surface area contributed by atoms with Crippen molar-refractivity contribution in [2.45, 2.75) is 45.6 Å². The number of nitrogens with two attached hydrogens (primary N) is 1. The van der Waals surface area contributed by atoms with Crippen molar-refractivity contribution >= 4 is 12.1 Å². The summed E-state index contributed by atoms with van der Waals surface area (Å²) < 4.78 is 10.8. The number of carbonyl (C=O) groups excluding carboxylic acids is 1. The number of likely N-dealkylation sites (tertiary alicyclic amines) is 1. The molecule has 0 spiro atoms. The molecular weight excluding hydrogens is 346 g/mol. The predicted molar refractivity (Wildman–Crippen MR) is 107 cm³/mol. The number of morpholine rings is 1. The number of guanidine groups is 1. The highest BCUT2D eigenvalue weighted by atomic mass is 16.6. The lowest BCUT2D eigenvalue weighted by Gasteiger charge is -2.33. The van der Waals surface area contributed by atoms with Gasteiger partial charge in [-0.3, -0.25) is 9.89 Å². The smallest absolute Gasteiger partial charge is 0.410 e. The van der Waals surface area contributed by atoms with E-state index in [4.69, 9.17) is 15.2 Å². The van der Waals surface area contributed by atoms with Gasteiger partial charge in [0.1, 0.15) is 5.60 Å². The molecule has 1 unspecified atom stereocenters. The van der Waals surface area contributed by atoms with Crippen LogP contribution in [-0.4, -0.2) is 86.5 Å². The molecule has 8 nitrogen and oxygen atoms in total. The summed E-state index contributed by atoms with van der Waals surface area (Å²) in [7, 11) is 0. The van der Waals surface area contributed by atoms with Crippen molar-refractivity contribution < 1.29 is 14.3 Å². The highest BCUT2D eigenvalue weighted by molar-refractivity contribution is 5.77. The summed E-state index contributed by atoms with van der Waals surface area (Å²) in [4.78, 5) is 20.9. The van der Waals surface area contributed by atoms with Crippen LogP contribution >= 0.6 is 0 Å². The Kier molecular flexibility index (Phi) is 8.63. The minimum absolute atomic E-state index is 0.231. The number of piperidine rings is 1. The van der Waals surface area contributed by atoms with E-state index in [1.807, 2.05) is 20.8 Å². The maximum absolute atomic E-state index is 12.2. The number of aliphatic imine (C=N–C) groups is 1. The Balaban J connectivity index is 1.63. The van der Waals surface area contributed by atoms with Crippen LogP contribution in [0.25, 0.3) is 0 Å². The summed E-state index contributed by atoms with van der Waals surface area (Å²) in [6.07, 6.45) is 2.84. The number of rotatable bonds is 6. The molecule has 27 heavy (non-hydrogen) atoms. The Hall–Kier alpha value is -1.54. The number of nitrogens with zero attached hydrogens (tertiary/aromatic N) is 3. The summed E-state index contributed by atoms with van der Waals surface area (Å²) in [5.74, 6) is 0.825. The first-order chi connectivity index (χ1) is 12.8. The van der Waals surface area contributed by atoms with Crippen molar-refractivity contribution in [3.05, 3.63) is 0 Å². The van der Waals surface area contributed by atoms with E-state index in [0.717, 1.165) is 65.2 Å². The molecule has 156 valence electrons. The first-order valence-corrected chi connectivity index (χ1v) is 10.2. The topological polar surface area (TPSA) is 92.4 Å². The van der Waals surface area contributed by atoms with Crippen LogP contribution < -0.4 is 11.1 Å². The summed E-state index contributed by atoms with van der Waals surface area (Å²) in [5.41, 5.74) is 5.53. The second-order valence-corrected chi connectivity index (χ2v) is 8.39. The SMILES string of the molecule is CC(C)(C)OC(=O)N1CCCC(CN=C(N)NCCCN2CCOCC2)C1. The van der Waals surface area contributed by atoms with Crippen LogP contribution in [0.4, 0.5) is 4.79 Å². The third kappa shape index (κ3) is 8.79. The zero-order chi connectivity index (χ0) is 19.7. The monoisotopic (exact) mass is 383 g/mol. The third-order valence-corrected chi connectivity index (χ3v) is 4.75. The summed E-state index contributed by atoms with van der Waals surface area (Å²) in [6.45, 7) is 13.3. The Bertz CT molecular complexity index is 486. The fraction of sp³-hybridized carbons (Fsp3) is 0.895. The Morgan fingerprint density at radius 2 is 2.04 bits per heavy atom.